The number of aryl methyl sites for hydroxylation is 1. The average molecular weight is 275 g/mol. The fourth-order valence-electron chi connectivity index (χ4n) is 2.89. The van der Waals surface area contributed by atoms with E-state index in [0.717, 1.165) is 12.8 Å². The zero-order chi connectivity index (χ0) is 14.7. The van der Waals surface area contributed by atoms with Crippen LogP contribution >= 0.6 is 0 Å². The number of benzene rings is 1. The summed E-state index contributed by atoms with van der Waals surface area (Å²) in [6.07, 6.45) is 1.75. The van der Waals surface area contributed by atoms with E-state index in [-0.39, 0.29) is 24.5 Å². The molecular weight excluding hydrogens is 250 g/mol. The lowest BCUT2D eigenvalue weighted by atomic mass is 10.0. The van der Waals surface area contributed by atoms with Crippen molar-refractivity contribution in [1.82, 2.24) is 5.32 Å². The van der Waals surface area contributed by atoms with Crippen molar-refractivity contribution >= 4 is 5.91 Å². The summed E-state index contributed by atoms with van der Waals surface area (Å²) in [6.45, 7) is 6.31. The van der Waals surface area contributed by atoms with Crippen molar-refractivity contribution < 1.29 is 9.90 Å². The number of carbonyl (C=O) groups is 1. The molecule has 1 saturated carbocycles. The summed E-state index contributed by atoms with van der Waals surface area (Å²) in [5.74, 6) is 1.00. The van der Waals surface area contributed by atoms with E-state index in [2.05, 4.69) is 38.2 Å². The highest BCUT2D eigenvalue weighted by Crippen LogP contribution is 2.48. The normalized spacial score (nSPS) is 22.6. The minimum atomic E-state index is -0.111. The standard InChI is InChI=1S/C17H25NO2/c1-11(2)8-13(10-19)18-17(20)16-9-15(16)14-7-5-4-6-12(14)3/h4-7,11,13,15-16,19H,8-10H2,1-3H3,(H,18,20). The molecule has 3 unspecified atom stereocenters. The lowest BCUT2D eigenvalue weighted by molar-refractivity contribution is -0.123. The van der Waals surface area contributed by atoms with Gasteiger partial charge in [-0.2, -0.15) is 0 Å². The van der Waals surface area contributed by atoms with Gasteiger partial charge in [0.15, 0.2) is 0 Å². The second-order valence-corrected chi connectivity index (χ2v) is 6.32. The number of carbonyl (C=O) groups excluding carboxylic acids is 1. The number of amides is 1. The molecule has 0 radical (unpaired) electrons. The van der Waals surface area contributed by atoms with Crippen LogP contribution in [0.4, 0.5) is 0 Å². The van der Waals surface area contributed by atoms with E-state index in [1.807, 2.05) is 12.1 Å². The molecule has 0 heterocycles. The maximum Gasteiger partial charge on any atom is 0.224 e. The molecule has 0 spiro atoms. The van der Waals surface area contributed by atoms with Crippen LogP contribution in [0.1, 0.15) is 43.7 Å². The van der Waals surface area contributed by atoms with E-state index in [9.17, 15) is 9.90 Å². The van der Waals surface area contributed by atoms with E-state index in [4.69, 9.17) is 0 Å². The van der Waals surface area contributed by atoms with Crippen LogP contribution in [0.2, 0.25) is 0 Å². The van der Waals surface area contributed by atoms with Gasteiger partial charge in [-0.05, 0) is 42.7 Å². The molecule has 1 aliphatic rings. The molecule has 110 valence electrons. The van der Waals surface area contributed by atoms with E-state index >= 15 is 0 Å². The van der Waals surface area contributed by atoms with Gasteiger partial charge in [-0.15, -0.1) is 0 Å². The predicted octanol–water partition coefficient (Wildman–Crippen LogP) is 2.62. The Morgan fingerprint density at radius 2 is 2.10 bits per heavy atom. The summed E-state index contributed by atoms with van der Waals surface area (Å²) >= 11 is 0. The Labute approximate surface area is 121 Å². The van der Waals surface area contributed by atoms with Crippen LogP contribution in [0.5, 0.6) is 0 Å². The fourth-order valence-corrected chi connectivity index (χ4v) is 2.89. The van der Waals surface area contributed by atoms with Gasteiger partial charge in [-0.25, -0.2) is 0 Å². The lowest BCUT2D eigenvalue weighted by Gasteiger charge is -2.18. The molecule has 0 saturated heterocycles. The monoisotopic (exact) mass is 275 g/mol. The van der Waals surface area contributed by atoms with Gasteiger partial charge in [-0.3, -0.25) is 4.79 Å². The van der Waals surface area contributed by atoms with Crippen molar-refractivity contribution in [1.29, 1.82) is 0 Å². The Balaban J connectivity index is 1.91. The molecule has 1 aromatic rings. The Hall–Kier alpha value is -1.35. The molecule has 0 aliphatic heterocycles. The first-order valence-corrected chi connectivity index (χ1v) is 7.49. The number of hydrogen-bond acceptors (Lipinski definition) is 2. The largest absolute Gasteiger partial charge is 0.394 e. The van der Waals surface area contributed by atoms with E-state index < -0.39 is 0 Å². The molecule has 20 heavy (non-hydrogen) atoms. The van der Waals surface area contributed by atoms with Crippen LogP contribution in [-0.4, -0.2) is 23.7 Å². The highest BCUT2D eigenvalue weighted by Gasteiger charge is 2.44. The van der Waals surface area contributed by atoms with Gasteiger partial charge in [0, 0.05) is 5.92 Å². The summed E-state index contributed by atoms with van der Waals surface area (Å²) < 4.78 is 0. The highest BCUT2D eigenvalue weighted by molar-refractivity contribution is 5.83. The summed E-state index contributed by atoms with van der Waals surface area (Å²) in [7, 11) is 0. The van der Waals surface area contributed by atoms with Gasteiger partial charge in [-0.1, -0.05) is 38.1 Å². The molecule has 1 fully saturated rings. The van der Waals surface area contributed by atoms with Crippen LogP contribution in [0, 0.1) is 18.8 Å². The number of hydrogen-bond donors (Lipinski definition) is 2. The van der Waals surface area contributed by atoms with Crippen LogP contribution < -0.4 is 5.32 Å². The number of aliphatic hydroxyl groups is 1. The SMILES string of the molecule is Cc1ccccc1C1CC1C(=O)NC(CO)CC(C)C. The van der Waals surface area contributed by atoms with Crippen LogP contribution in [0.15, 0.2) is 24.3 Å². The first kappa shape index (κ1) is 15.0. The molecule has 1 aliphatic carbocycles. The number of aliphatic hydroxyl groups excluding tert-OH is 1. The van der Waals surface area contributed by atoms with Gasteiger partial charge in [0.2, 0.25) is 5.91 Å². The van der Waals surface area contributed by atoms with Crippen LogP contribution in [0.25, 0.3) is 0 Å². The first-order valence-electron chi connectivity index (χ1n) is 7.49. The minimum Gasteiger partial charge on any atom is -0.394 e. The van der Waals surface area contributed by atoms with Gasteiger partial charge < -0.3 is 10.4 Å². The molecule has 3 atom stereocenters. The van der Waals surface area contributed by atoms with E-state index in [1.54, 1.807) is 0 Å². The van der Waals surface area contributed by atoms with Crippen molar-refractivity contribution in [3.8, 4) is 0 Å². The van der Waals surface area contributed by atoms with Gasteiger partial charge in [0.1, 0.15) is 0 Å². The molecule has 3 heteroatoms. The first-order chi connectivity index (χ1) is 9.52. The summed E-state index contributed by atoms with van der Waals surface area (Å²) in [4.78, 5) is 12.2. The number of rotatable bonds is 6. The van der Waals surface area contributed by atoms with Gasteiger partial charge >= 0.3 is 0 Å². The van der Waals surface area contributed by atoms with Crippen molar-refractivity contribution in [3.05, 3.63) is 35.4 Å². The minimum absolute atomic E-state index is 0.0195. The van der Waals surface area contributed by atoms with Crippen molar-refractivity contribution in [3.63, 3.8) is 0 Å². The Morgan fingerprint density at radius 1 is 1.40 bits per heavy atom. The van der Waals surface area contributed by atoms with Crippen LogP contribution in [0.3, 0.4) is 0 Å². The quantitative estimate of drug-likeness (QED) is 0.838. The smallest absolute Gasteiger partial charge is 0.224 e. The molecule has 1 amide bonds. The maximum atomic E-state index is 12.2. The Morgan fingerprint density at radius 3 is 2.70 bits per heavy atom. The summed E-state index contributed by atoms with van der Waals surface area (Å²) in [6, 6.07) is 8.16. The van der Waals surface area contributed by atoms with Crippen LogP contribution in [-0.2, 0) is 4.79 Å². The third-order valence-corrected chi connectivity index (χ3v) is 4.04. The Kier molecular flexibility index (Phi) is 4.81. The lowest BCUT2D eigenvalue weighted by Crippen LogP contribution is -2.39. The second kappa shape index (κ2) is 6.40. The maximum absolute atomic E-state index is 12.2. The third-order valence-electron chi connectivity index (χ3n) is 4.04. The van der Waals surface area contributed by atoms with Crippen molar-refractivity contribution in [2.45, 2.75) is 45.6 Å². The summed E-state index contributed by atoms with van der Waals surface area (Å²) in [5.41, 5.74) is 2.55. The third kappa shape index (κ3) is 3.60. The molecule has 1 aromatic carbocycles. The van der Waals surface area contributed by atoms with Gasteiger partial charge in [0.05, 0.1) is 12.6 Å². The van der Waals surface area contributed by atoms with Crippen molar-refractivity contribution in [2.24, 2.45) is 11.8 Å². The molecule has 0 aromatic heterocycles. The molecule has 0 bridgehead atoms. The topological polar surface area (TPSA) is 49.3 Å². The van der Waals surface area contributed by atoms with Crippen molar-refractivity contribution in [2.75, 3.05) is 6.61 Å². The Bertz CT molecular complexity index is 470. The van der Waals surface area contributed by atoms with Gasteiger partial charge in [0.25, 0.3) is 0 Å². The predicted molar refractivity (Wildman–Crippen MR) is 80.5 cm³/mol. The zero-order valence-corrected chi connectivity index (χ0v) is 12.6. The molecular formula is C17H25NO2. The summed E-state index contributed by atoms with van der Waals surface area (Å²) in [5, 5.41) is 12.3. The number of nitrogens with one attached hydrogen (secondary N) is 1. The van der Waals surface area contributed by atoms with E-state index in [0.29, 0.717) is 11.8 Å². The second-order valence-electron chi connectivity index (χ2n) is 6.32. The zero-order valence-electron chi connectivity index (χ0n) is 12.6. The molecule has 2 N–H and O–H groups in total. The molecule has 3 nitrogen and oxygen atoms in total. The highest BCUT2D eigenvalue weighted by atomic mass is 16.3. The average Bonchev–Trinajstić information content (AvgIpc) is 3.18. The fraction of sp³-hybridized carbons (Fsp3) is 0.588. The molecule has 2 rings (SSSR count). The van der Waals surface area contributed by atoms with E-state index in [1.165, 1.54) is 11.1 Å².